The van der Waals surface area contributed by atoms with Crippen LogP contribution in [0.5, 0.6) is 0 Å². The van der Waals surface area contributed by atoms with E-state index in [2.05, 4.69) is 0 Å². The van der Waals surface area contributed by atoms with Gasteiger partial charge in [0.2, 0.25) is 0 Å². The SMILES string of the molecule is CC(C)OCCCC([O])=O. The average Bonchev–Trinajstić information content (AvgIpc) is 1.79. The van der Waals surface area contributed by atoms with E-state index < -0.39 is 5.97 Å². The van der Waals surface area contributed by atoms with Crippen molar-refractivity contribution in [3.63, 3.8) is 0 Å². The number of rotatable bonds is 5. The summed E-state index contributed by atoms with van der Waals surface area (Å²) in [4.78, 5) is 9.88. The van der Waals surface area contributed by atoms with Crippen molar-refractivity contribution in [2.45, 2.75) is 32.8 Å². The predicted molar refractivity (Wildman–Crippen MR) is 36.0 cm³/mol. The van der Waals surface area contributed by atoms with E-state index in [1.54, 1.807) is 0 Å². The van der Waals surface area contributed by atoms with Crippen LogP contribution in [-0.4, -0.2) is 18.7 Å². The third-order valence-electron chi connectivity index (χ3n) is 0.976. The molecule has 3 heteroatoms. The summed E-state index contributed by atoms with van der Waals surface area (Å²) < 4.78 is 5.10. The van der Waals surface area contributed by atoms with Crippen molar-refractivity contribution in [3.8, 4) is 0 Å². The van der Waals surface area contributed by atoms with Crippen LogP contribution < -0.4 is 0 Å². The molecule has 0 saturated carbocycles. The van der Waals surface area contributed by atoms with E-state index in [-0.39, 0.29) is 12.5 Å². The maximum Gasteiger partial charge on any atom is 0.355 e. The van der Waals surface area contributed by atoms with Gasteiger partial charge in [0, 0.05) is 6.61 Å². The minimum absolute atomic E-state index is 0.0900. The summed E-state index contributed by atoms with van der Waals surface area (Å²) in [6.07, 6.45) is 0.814. The van der Waals surface area contributed by atoms with Gasteiger partial charge in [0.25, 0.3) is 0 Å². The summed E-state index contributed by atoms with van der Waals surface area (Å²) in [6, 6.07) is 0. The minimum atomic E-state index is -1.01. The van der Waals surface area contributed by atoms with Crippen LogP contribution >= 0.6 is 0 Å². The molecule has 0 saturated heterocycles. The van der Waals surface area contributed by atoms with Crippen molar-refractivity contribution in [2.24, 2.45) is 0 Å². The molecule has 0 aromatic heterocycles. The van der Waals surface area contributed by atoms with Crippen LogP contribution in [0.1, 0.15) is 26.7 Å². The largest absolute Gasteiger partial charge is 0.379 e. The lowest BCUT2D eigenvalue weighted by molar-refractivity contribution is -0.143. The summed E-state index contributed by atoms with van der Waals surface area (Å²) in [5.41, 5.74) is 0. The Bertz CT molecular complexity index is 99.0. The molecule has 0 bridgehead atoms. The molecule has 3 nitrogen and oxygen atoms in total. The second kappa shape index (κ2) is 5.23. The van der Waals surface area contributed by atoms with Crippen molar-refractivity contribution in [1.82, 2.24) is 0 Å². The van der Waals surface area contributed by atoms with Crippen LogP contribution in [0.2, 0.25) is 0 Å². The Morgan fingerprint density at radius 3 is 2.50 bits per heavy atom. The molecule has 0 N–H and O–H groups in total. The van der Waals surface area contributed by atoms with Gasteiger partial charge in [0.1, 0.15) is 0 Å². The smallest absolute Gasteiger partial charge is 0.355 e. The second-order valence-corrected chi connectivity index (χ2v) is 2.40. The minimum Gasteiger partial charge on any atom is -0.379 e. The summed E-state index contributed by atoms with van der Waals surface area (Å²) in [6.45, 7) is 4.34. The Labute approximate surface area is 61.0 Å². The molecule has 0 aliphatic rings. The van der Waals surface area contributed by atoms with Crippen LogP contribution in [0, 0.1) is 0 Å². The topological polar surface area (TPSA) is 46.2 Å². The second-order valence-electron chi connectivity index (χ2n) is 2.40. The maximum absolute atomic E-state index is 9.88. The van der Waals surface area contributed by atoms with E-state index in [1.165, 1.54) is 0 Å². The third-order valence-corrected chi connectivity index (χ3v) is 0.976. The highest BCUT2D eigenvalue weighted by Gasteiger charge is 1.99. The van der Waals surface area contributed by atoms with E-state index in [0.717, 1.165) is 0 Å². The Morgan fingerprint density at radius 2 is 2.10 bits per heavy atom. The average molecular weight is 145 g/mol. The lowest BCUT2D eigenvalue weighted by Gasteiger charge is -2.04. The molecule has 0 amide bonds. The fourth-order valence-corrected chi connectivity index (χ4v) is 0.536. The fraction of sp³-hybridized carbons (Fsp3) is 0.857. The molecule has 0 atom stereocenters. The molecule has 0 aromatic rings. The highest BCUT2D eigenvalue weighted by molar-refractivity contribution is 5.66. The van der Waals surface area contributed by atoms with Crippen LogP contribution in [-0.2, 0) is 14.6 Å². The van der Waals surface area contributed by atoms with Crippen molar-refractivity contribution < 1.29 is 14.6 Å². The van der Waals surface area contributed by atoms with Gasteiger partial charge in [-0.05, 0) is 20.3 Å². The van der Waals surface area contributed by atoms with E-state index in [4.69, 9.17) is 4.74 Å². The molecule has 0 heterocycles. The van der Waals surface area contributed by atoms with Gasteiger partial charge in [-0.15, -0.1) is 0 Å². The number of hydrogen-bond donors (Lipinski definition) is 0. The Balaban J connectivity index is 2.98. The van der Waals surface area contributed by atoms with E-state index >= 15 is 0 Å². The van der Waals surface area contributed by atoms with Crippen LogP contribution in [0.4, 0.5) is 0 Å². The lowest BCUT2D eigenvalue weighted by Crippen LogP contribution is -2.05. The van der Waals surface area contributed by atoms with Gasteiger partial charge in [-0.25, -0.2) is 9.90 Å². The number of carbonyl (C=O) groups excluding carboxylic acids is 1. The third kappa shape index (κ3) is 7.43. The van der Waals surface area contributed by atoms with Crippen molar-refractivity contribution in [1.29, 1.82) is 0 Å². The molecule has 0 aromatic carbocycles. The van der Waals surface area contributed by atoms with Gasteiger partial charge in [-0.3, -0.25) is 0 Å². The van der Waals surface area contributed by atoms with E-state index in [1.807, 2.05) is 13.8 Å². The predicted octanol–water partition coefficient (Wildman–Crippen LogP) is 1.15. The standard InChI is InChI=1S/C7H13O3/c1-6(2)10-5-3-4-7(8)9/h6H,3-5H2,1-2H3. The molecule has 0 spiro atoms. The Hall–Kier alpha value is -0.570. The van der Waals surface area contributed by atoms with Crippen molar-refractivity contribution >= 4 is 5.97 Å². The summed E-state index contributed by atoms with van der Waals surface area (Å²) in [5, 5.41) is 9.88. The Morgan fingerprint density at radius 1 is 1.50 bits per heavy atom. The van der Waals surface area contributed by atoms with Crippen LogP contribution in [0.15, 0.2) is 0 Å². The van der Waals surface area contributed by atoms with Gasteiger partial charge in [-0.2, -0.15) is 0 Å². The first kappa shape index (κ1) is 9.43. The lowest BCUT2D eigenvalue weighted by atomic mass is 10.3. The zero-order valence-electron chi connectivity index (χ0n) is 6.42. The summed E-state index contributed by atoms with van der Waals surface area (Å²) in [5.74, 6) is -1.01. The highest BCUT2D eigenvalue weighted by Crippen LogP contribution is 1.93. The van der Waals surface area contributed by atoms with Crippen molar-refractivity contribution in [3.05, 3.63) is 0 Å². The van der Waals surface area contributed by atoms with Crippen molar-refractivity contribution in [2.75, 3.05) is 6.61 Å². The molecule has 59 valence electrons. The molecule has 0 aliphatic heterocycles. The molecule has 0 aliphatic carbocycles. The first-order valence-electron chi connectivity index (χ1n) is 3.44. The zero-order valence-corrected chi connectivity index (χ0v) is 6.42. The summed E-state index contributed by atoms with van der Waals surface area (Å²) >= 11 is 0. The number of ether oxygens (including phenoxy) is 1. The first-order valence-corrected chi connectivity index (χ1v) is 3.44. The Kier molecular flexibility index (Phi) is 4.94. The molecule has 0 unspecified atom stereocenters. The van der Waals surface area contributed by atoms with Crippen LogP contribution in [0.3, 0.4) is 0 Å². The summed E-state index contributed by atoms with van der Waals surface area (Å²) in [7, 11) is 0. The number of carbonyl (C=O) groups is 1. The van der Waals surface area contributed by atoms with Crippen LogP contribution in [0.25, 0.3) is 0 Å². The number of hydrogen-bond acceptors (Lipinski definition) is 2. The normalized spacial score (nSPS) is 10.3. The molecule has 1 radical (unpaired) electrons. The quantitative estimate of drug-likeness (QED) is 0.545. The zero-order chi connectivity index (χ0) is 7.98. The molecular formula is C7H13O3. The fourth-order valence-electron chi connectivity index (χ4n) is 0.536. The van der Waals surface area contributed by atoms with Gasteiger partial charge in [0.05, 0.1) is 12.5 Å². The van der Waals surface area contributed by atoms with Gasteiger partial charge in [0.15, 0.2) is 0 Å². The van der Waals surface area contributed by atoms with Gasteiger partial charge >= 0.3 is 5.97 Å². The van der Waals surface area contributed by atoms with E-state index in [0.29, 0.717) is 13.0 Å². The monoisotopic (exact) mass is 145 g/mol. The van der Waals surface area contributed by atoms with E-state index in [9.17, 15) is 9.90 Å². The highest BCUT2D eigenvalue weighted by atomic mass is 16.5. The molecule has 0 rings (SSSR count). The van der Waals surface area contributed by atoms with Gasteiger partial charge < -0.3 is 4.74 Å². The molecule has 10 heavy (non-hydrogen) atoms. The first-order chi connectivity index (χ1) is 4.63. The maximum atomic E-state index is 9.88. The van der Waals surface area contributed by atoms with Gasteiger partial charge in [-0.1, -0.05) is 0 Å². The molecule has 0 fully saturated rings. The molecular weight excluding hydrogens is 132 g/mol.